The molecular formula is C19H22N5OS+. The van der Waals surface area contributed by atoms with Crippen LogP contribution in [0.15, 0.2) is 48.1 Å². The smallest absolute Gasteiger partial charge is 0.257 e. The molecule has 4 rings (SSSR count). The fourth-order valence-electron chi connectivity index (χ4n) is 3.29. The van der Waals surface area contributed by atoms with Crippen molar-refractivity contribution in [3.8, 4) is 5.69 Å². The van der Waals surface area contributed by atoms with Crippen LogP contribution in [0.25, 0.3) is 5.69 Å². The standard InChI is InChI=1S/C19H21N5OS/c25-18(15-5-7-17(8-6-15)24-12-4-9-20-24)22-19-21-16(14-26-19)13-23-10-2-1-3-11-23/h4-9,12,14H,1-3,10-11,13H2,(H,21,22,25)/p+1. The highest BCUT2D eigenvalue weighted by Gasteiger charge is 2.16. The molecule has 0 spiro atoms. The maximum Gasteiger partial charge on any atom is 0.257 e. The molecule has 1 aliphatic heterocycles. The molecule has 1 amide bonds. The second-order valence-corrected chi connectivity index (χ2v) is 7.44. The van der Waals surface area contributed by atoms with Gasteiger partial charge < -0.3 is 4.90 Å². The lowest BCUT2D eigenvalue weighted by molar-refractivity contribution is -0.918. The number of nitrogens with zero attached hydrogens (tertiary/aromatic N) is 3. The first kappa shape index (κ1) is 16.9. The van der Waals surface area contributed by atoms with E-state index in [9.17, 15) is 4.79 Å². The van der Waals surface area contributed by atoms with Crippen LogP contribution < -0.4 is 10.2 Å². The maximum absolute atomic E-state index is 12.4. The van der Waals surface area contributed by atoms with Crippen LogP contribution >= 0.6 is 11.3 Å². The van der Waals surface area contributed by atoms with Gasteiger partial charge >= 0.3 is 0 Å². The van der Waals surface area contributed by atoms with E-state index in [1.807, 2.05) is 24.4 Å². The number of piperidine rings is 1. The average molecular weight is 368 g/mol. The van der Waals surface area contributed by atoms with Crippen LogP contribution in [-0.2, 0) is 6.54 Å². The molecule has 26 heavy (non-hydrogen) atoms. The van der Waals surface area contributed by atoms with Gasteiger partial charge in [0.25, 0.3) is 5.91 Å². The van der Waals surface area contributed by atoms with Crippen molar-refractivity contribution in [2.75, 3.05) is 18.4 Å². The Balaban J connectivity index is 1.37. The molecule has 3 heterocycles. The second kappa shape index (κ2) is 7.80. The number of quaternary nitrogens is 1. The Hall–Kier alpha value is -2.51. The van der Waals surface area contributed by atoms with E-state index in [0.29, 0.717) is 10.7 Å². The van der Waals surface area contributed by atoms with Crippen molar-refractivity contribution < 1.29 is 9.69 Å². The number of nitrogens with one attached hydrogen (secondary N) is 2. The summed E-state index contributed by atoms with van der Waals surface area (Å²) in [5, 5.41) is 9.81. The predicted octanol–water partition coefficient (Wildman–Crippen LogP) is 2.15. The highest BCUT2D eigenvalue weighted by atomic mass is 32.1. The molecule has 0 saturated carbocycles. The van der Waals surface area contributed by atoms with Crippen LogP contribution in [0.1, 0.15) is 35.3 Å². The minimum Gasteiger partial charge on any atom is -0.330 e. The lowest BCUT2D eigenvalue weighted by Gasteiger charge is -2.22. The average Bonchev–Trinajstić information content (AvgIpc) is 3.35. The molecule has 0 aliphatic carbocycles. The van der Waals surface area contributed by atoms with Crippen molar-refractivity contribution in [1.29, 1.82) is 0 Å². The van der Waals surface area contributed by atoms with Crippen LogP contribution in [0.3, 0.4) is 0 Å². The van der Waals surface area contributed by atoms with E-state index >= 15 is 0 Å². The number of benzene rings is 1. The Labute approximate surface area is 156 Å². The highest BCUT2D eigenvalue weighted by Crippen LogP contribution is 2.17. The summed E-state index contributed by atoms with van der Waals surface area (Å²) in [4.78, 5) is 18.6. The van der Waals surface area contributed by atoms with Gasteiger partial charge in [-0.3, -0.25) is 10.1 Å². The molecule has 0 bridgehead atoms. The van der Waals surface area contributed by atoms with Crippen LogP contribution in [0, 0.1) is 0 Å². The van der Waals surface area contributed by atoms with Gasteiger partial charge in [-0.25, -0.2) is 9.67 Å². The molecule has 1 saturated heterocycles. The number of aromatic nitrogens is 3. The second-order valence-electron chi connectivity index (χ2n) is 6.58. The zero-order valence-corrected chi connectivity index (χ0v) is 15.3. The van der Waals surface area contributed by atoms with E-state index in [4.69, 9.17) is 0 Å². The first-order chi connectivity index (χ1) is 12.8. The molecule has 0 atom stereocenters. The summed E-state index contributed by atoms with van der Waals surface area (Å²) < 4.78 is 1.76. The van der Waals surface area contributed by atoms with E-state index in [1.165, 1.54) is 43.7 Å². The fraction of sp³-hybridized carbons (Fsp3) is 0.316. The third-order valence-corrected chi connectivity index (χ3v) is 5.47. The van der Waals surface area contributed by atoms with E-state index < -0.39 is 0 Å². The topological polar surface area (TPSA) is 64.2 Å². The van der Waals surface area contributed by atoms with Gasteiger partial charge in [0.05, 0.1) is 18.8 Å². The first-order valence-corrected chi connectivity index (χ1v) is 9.85. The summed E-state index contributed by atoms with van der Waals surface area (Å²) in [7, 11) is 0. The van der Waals surface area contributed by atoms with Crippen molar-refractivity contribution in [3.05, 3.63) is 59.4 Å². The first-order valence-electron chi connectivity index (χ1n) is 8.97. The number of rotatable bonds is 5. The molecule has 1 aliphatic rings. The molecule has 1 fully saturated rings. The minimum absolute atomic E-state index is 0.136. The van der Waals surface area contributed by atoms with Crippen molar-refractivity contribution in [2.24, 2.45) is 0 Å². The van der Waals surface area contributed by atoms with Gasteiger partial charge in [-0.05, 0) is 49.6 Å². The molecule has 2 aromatic heterocycles. The van der Waals surface area contributed by atoms with E-state index in [1.54, 1.807) is 27.9 Å². The third kappa shape index (κ3) is 4.00. The summed E-state index contributed by atoms with van der Waals surface area (Å²) in [6.07, 6.45) is 7.55. The van der Waals surface area contributed by atoms with Crippen LogP contribution in [-0.4, -0.2) is 33.8 Å². The van der Waals surface area contributed by atoms with E-state index in [2.05, 4.69) is 20.8 Å². The predicted molar refractivity (Wildman–Crippen MR) is 102 cm³/mol. The number of carbonyl (C=O) groups excluding carboxylic acids is 1. The Morgan fingerprint density at radius 3 is 2.73 bits per heavy atom. The Bertz CT molecular complexity index is 850. The highest BCUT2D eigenvalue weighted by molar-refractivity contribution is 7.13. The van der Waals surface area contributed by atoms with Crippen molar-refractivity contribution in [2.45, 2.75) is 25.8 Å². The van der Waals surface area contributed by atoms with Gasteiger partial charge in [0, 0.05) is 23.3 Å². The van der Waals surface area contributed by atoms with E-state index in [0.717, 1.165) is 17.9 Å². The number of thiazole rings is 1. The number of carbonyl (C=O) groups is 1. The largest absolute Gasteiger partial charge is 0.330 e. The maximum atomic E-state index is 12.4. The molecule has 6 nitrogen and oxygen atoms in total. The quantitative estimate of drug-likeness (QED) is 0.725. The molecule has 134 valence electrons. The summed E-state index contributed by atoms with van der Waals surface area (Å²) >= 11 is 1.49. The summed E-state index contributed by atoms with van der Waals surface area (Å²) in [6.45, 7) is 3.40. The minimum atomic E-state index is -0.136. The molecule has 3 aromatic rings. The number of anilines is 1. The van der Waals surface area contributed by atoms with Crippen LogP contribution in [0.4, 0.5) is 5.13 Å². The van der Waals surface area contributed by atoms with Gasteiger partial charge in [0.1, 0.15) is 12.2 Å². The monoisotopic (exact) mass is 368 g/mol. The third-order valence-electron chi connectivity index (χ3n) is 4.66. The van der Waals surface area contributed by atoms with E-state index in [-0.39, 0.29) is 5.91 Å². The molecular weight excluding hydrogens is 346 g/mol. The summed E-state index contributed by atoms with van der Waals surface area (Å²) in [5.41, 5.74) is 2.60. The molecule has 1 aromatic carbocycles. The number of hydrogen-bond donors (Lipinski definition) is 2. The molecule has 0 radical (unpaired) electrons. The molecule has 0 unspecified atom stereocenters. The lowest BCUT2D eigenvalue weighted by atomic mass is 10.1. The molecule has 2 N–H and O–H groups in total. The Kier molecular flexibility index (Phi) is 5.08. The summed E-state index contributed by atoms with van der Waals surface area (Å²) in [6, 6.07) is 9.24. The SMILES string of the molecule is O=C(Nc1nc(C[NH+]2CCCCC2)cs1)c1ccc(-n2cccn2)cc1. The number of hydrogen-bond acceptors (Lipinski definition) is 4. The van der Waals surface area contributed by atoms with Gasteiger partial charge in [-0.15, -0.1) is 11.3 Å². The zero-order valence-electron chi connectivity index (χ0n) is 14.5. The van der Waals surface area contributed by atoms with Gasteiger partial charge in [0.15, 0.2) is 5.13 Å². The van der Waals surface area contributed by atoms with Crippen molar-refractivity contribution >= 4 is 22.4 Å². The Morgan fingerprint density at radius 1 is 1.19 bits per heavy atom. The van der Waals surface area contributed by atoms with Gasteiger partial charge in [-0.1, -0.05) is 0 Å². The van der Waals surface area contributed by atoms with Crippen LogP contribution in [0.2, 0.25) is 0 Å². The Morgan fingerprint density at radius 2 is 2.00 bits per heavy atom. The van der Waals surface area contributed by atoms with Crippen molar-refractivity contribution in [1.82, 2.24) is 14.8 Å². The van der Waals surface area contributed by atoms with Gasteiger partial charge in [-0.2, -0.15) is 5.10 Å². The summed E-state index contributed by atoms with van der Waals surface area (Å²) in [5.74, 6) is -0.136. The lowest BCUT2D eigenvalue weighted by Crippen LogP contribution is -3.11. The van der Waals surface area contributed by atoms with Crippen molar-refractivity contribution in [3.63, 3.8) is 0 Å². The fourth-order valence-corrected chi connectivity index (χ4v) is 3.99. The normalized spacial score (nSPS) is 15.1. The van der Waals surface area contributed by atoms with Gasteiger partial charge in [0.2, 0.25) is 0 Å². The number of likely N-dealkylation sites (tertiary alicyclic amines) is 1. The van der Waals surface area contributed by atoms with Crippen LogP contribution in [0.5, 0.6) is 0 Å². The number of amides is 1. The molecule has 7 heteroatoms. The zero-order chi connectivity index (χ0) is 17.8.